The number of aromatic nitrogens is 1. The van der Waals surface area contributed by atoms with E-state index in [9.17, 15) is 4.79 Å². The molecule has 3 aromatic rings. The monoisotopic (exact) mass is 509 g/mol. The van der Waals surface area contributed by atoms with Gasteiger partial charge in [0.2, 0.25) is 0 Å². The summed E-state index contributed by atoms with van der Waals surface area (Å²) in [7, 11) is 3.26. The Hall–Kier alpha value is -3.10. The number of aryl methyl sites for hydroxylation is 2. The Labute approximate surface area is 217 Å². The maximum absolute atomic E-state index is 13.0. The predicted octanol–water partition coefficient (Wildman–Crippen LogP) is 4.26. The van der Waals surface area contributed by atoms with Crippen LogP contribution in [0.4, 0.5) is 0 Å². The molecule has 1 saturated heterocycles. The van der Waals surface area contributed by atoms with Crippen LogP contribution in [-0.4, -0.2) is 55.0 Å². The molecule has 0 amide bonds. The second-order valence-corrected chi connectivity index (χ2v) is 9.67. The molecule has 2 aromatic carbocycles. The van der Waals surface area contributed by atoms with E-state index in [1.54, 1.807) is 14.2 Å². The van der Waals surface area contributed by atoms with E-state index >= 15 is 0 Å². The fourth-order valence-electron chi connectivity index (χ4n) is 4.61. The second-order valence-electron chi connectivity index (χ2n) is 9.28. The Bertz CT molecular complexity index is 1280. The van der Waals surface area contributed by atoms with Crippen LogP contribution in [0.2, 0.25) is 0 Å². The summed E-state index contributed by atoms with van der Waals surface area (Å²) in [4.78, 5) is 18.1. The minimum atomic E-state index is -0.0818. The number of nitrogens with one attached hydrogen (secondary N) is 2. The van der Waals surface area contributed by atoms with Crippen molar-refractivity contribution in [3.63, 3.8) is 0 Å². The number of nitrogens with zero attached hydrogens (tertiary/aromatic N) is 1. The largest absolute Gasteiger partial charge is 0.493 e. The number of ether oxygens (including phenoxy) is 3. The van der Waals surface area contributed by atoms with Crippen molar-refractivity contribution in [1.82, 2.24) is 15.2 Å². The van der Waals surface area contributed by atoms with E-state index in [2.05, 4.69) is 34.3 Å². The van der Waals surface area contributed by atoms with Gasteiger partial charge in [-0.2, -0.15) is 0 Å². The number of pyridine rings is 1. The molecule has 8 heteroatoms. The predicted molar refractivity (Wildman–Crippen MR) is 147 cm³/mol. The van der Waals surface area contributed by atoms with E-state index in [1.807, 2.05) is 31.2 Å². The van der Waals surface area contributed by atoms with Gasteiger partial charge in [-0.15, -0.1) is 0 Å². The molecule has 0 saturated carbocycles. The third kappa shape index (κ3) is 5.99. The molecular weight excluding hydrogens is 474 g/mol. The van der Waals surface area contributed by atoms with E-state index in [0.717, 1.165) is 53.5 Å². The van der Waals surface area contributed by atoms with Crippen LogP contribution < -0.4 is 20.3 Å². The van der Waals surface area contributed by atoms with Gasteiger partial charge in [-0.05, 0) is 85.6 Å². The third-order valence-electron chi connectivity index (χ3n) is 6.86. The normalized spacial score (nSPS) is 15.2. The number of rotatable bonds is 9. The molecule has 1 aromatic heterocycles. The van der Waals surface area contributed by atoms with Crippen LogP contribution >= 0.6 is 12.2 Å². The molecule has 7 nitrogen and oxygen atoms in total. The van der Waals surface area contributed by atoms with Crippen LogP contribution in [-0.2, 0) is 17.7 Å². The maximum Gasteiger partial charge on any atom is 0.253 e. The highest BCUT2D eigenvalue weighted by atomic mass is 32.1. The van der Waals surface area contributed by atoms with Crippen molar-refractivity contribution in [2.24, 2.45) is 0 Å². The van der Waals surface area contributed by atoms with Crippen LogP contribution in [0.15, 0.2) is 41.2 Å². The summed E-state index contributed by atoms with van der Waals surface area (Å²) in [5.41, 5.74) is 4.87. The summed E-state index contributed by atoms with van der Waals surface area (Å²) >= 11 is 5.79. The molecule has 192 valence electrons. The van der Waals surface area contributed by atoms with Gasteiger partial charge in [-0.3, -0.25) is 4.79 Å². The number of methoxy groups -OCH3 is 2. The number of aromatic amines is 1. The molecule has 1 aliphatic rings. The van der Waals surface area contributed by atoms with Gasteiger partial charge < -0.3 is 29.4 Å². The molecule has 0 aliphatic carbocycles. The van der Waals surface area contributed by atoms with Gasteiger partial charge in [0.15, 0.2) is 16.6 Å². The van der Waals surface area contributed by atoms with Gasteiger partial charge in [-0.1, -0.05) is 18.2 Å². The highest BCUT2D eigenvalue weighted by Crippen LogP contribution is 2.27. The topological polar surface area (TPSA) is 75.8 Å². The zero-order chi connectivity index (χ0) is 25.7. The standard InChI is InChI=1S/C28H35N3O4S/c1-18-7-9-21-15-22(27(32)30-26(21)19(18)2)16-31(17-23-6-5-13-35-23)28(36)29-12-11-20-8-10-24(33-3)25(14-20)34-4/h7-10,14-15,23H,5-6,11-13,16-17H2,1-4H3,(H,29,36)(H,30,32)/t23-/m0/s1. The van der Waals surface area contributed by atoms with Crippen molar-refractivity contribution in [1.29, 1.82) is 0 Å². The Morgan fingerprint density at radius 1 is 1.17 bits per heavy atom. The first kappa shape index (κ1) is 26.0. The highest BCUT2D eigenvalue weighted by Gasteiger charge is 2.22. The minimum Gasteiger partial charge on any atom is -0.493 e. The molecule has 1 atom stereocenters. The smallest absolute Gasteiger partial charge is 0.253 e. The van der Waals surface area contributed by atoms with Gasteiger partial charge in [0.25, 0.3) is 5.56 Å². The first-order valence-electron chi connectivity index (χ1n) is 12.4. The van der Waals surface area contributed by atoms with Gasteiger partial charge in [0.05, 0.1) is 32.4 Å². The van der Waals surface area contributed by atoms with E-state index < -0.39 is 0 Å². The first-order valence-corrected chi connectivity index (χ1v) is 12.8. The Kier molecular flexibility index (Phi) is 8.48. The average Bonchev–Trinajstić information content (AvgIpc) is 3.40. The van der Waals surface area contributed by atoms with Crippen molar-refractivity contribution in [2.75, 3.05) is 33.9 Å². The van der Waals surface area contributed by atoms with E-state index in [4.69, 9.17) is 26.4 Å². The minimum absolute atomic E-state index is 0.0818. The van der Waals surface area contributed by atoms with Gasteiger partial charge >= 0.3 is 0 Å². The number of benzene rings is 2. The lowest BCUT2D eigenvalue weighted by molar-refractivity contribution is 0.0897. The Morgan fingerprint density at radius 3 is 2.69 bits per heavy atom. The third-order valence-corrected chi connectivity index (χ3v) is 7.26. The number of fused-ring (bicyclic) bond motifs is 1. The van der Waals surface area contributed by atoms with E-state index in [1.165, 1.54) is 0 Å². The average molecular weight is 510 g/mol. The quantitative estimate of drug-likeness (QED) is 0.418. The van der Waals surface area contributed by atoms with Crippen molar-refractivity contribution in [3.8, 4) is 11.5 Å². The van der Waals surface area contributed by atoms with Crippen LogP contribution in [0.25, 0.3) is 10.9 Å². The summed E-state index contributed by atoms with van der Waals surface area (Å²) in [6, 6.07) is 12.0. The summed E-state index contributed by atoms with van der Waals surface area (Å²) in [6.45, 7) is 6.58. The van der Waals surface area contributed by atoms with Crippen molar-refractivity contribution in [2.45, 2.75) is 45.8 Å². The van der Waals surface area contributed by atoms with Crippen LogP contribution in [0, 0.1) is 13.8 Å². The zero-order valence-corrected chi connectivity index (χ0v) is 22.3. The molecule has 1 aliphatic heterocycles. The van der Waals surface area contributed by atoms with Crippen molar-refractivity contribution < 1.29 is 14.2 Å². The maximum atomic E-state index is 13.0. The summed E-state index contributed by atoms with van der Waals surface area (Å²) in [6.07, 6.45) is 2.92. The second kappa shape index (κ2) is 11.8. The molecule has 2 heterocycles. The molecule has 36 heavy (non-hydrogen) atoms. The van der Waals surface area contributed by atoms with Crippen LogP contribution in [0.3, 0.4) is 0 Å². The zero-order valence-electron chi connectivity index (χ0n) is 21.5. The Morgan fingerprint density at radius 2 is 1.97 bits per heavy atom. The summed E-state index contributed by atoms with van der Waals surface area (Å²) in [5, 5.41) is 5.02. The van der Waals surface area contributed by atoms with E-state index in [0.29, 0.717) is 41.8 Å². The molecule has 2 N–H and O–H groups in total. The molecule has 4 rings (SSSR count). The number of hydrogen-bond donors (Lipinski definition) is 2. The first-order chi connectivity index (χ1) is 17.4. The van der Waals surface area contributed by atoms with Crippen molar-refractivity contribution in [3.05, 3.63) is 69.0 Å². The molecule has 0 radical (unpaired) electrons. The number of thiocarbonyl (C=S) groups is 1. The number of H-pyrrole nitrogens is 1. The van der Waals surface area contributed by atoms with E-state index in [-0.39, 0.29) is 11.7 Å². The number of hydrogen-bond acceptors (Lipinski definition) is 5. The lowest BCUT2D eigenvalue weighted by Crippen LogP contribution is -2.44. The lowest BCUT2D eigenvalue weighted by atomic mass is 10.0. The Balaban J connectivity index is 1.48. The molecule has 0 spiro atoms. The van der Waals surface area contributed by atoms with Gasteiger partial charge in [0, 0.05) is 25.3 Å². The lowest BCUT2D eigenvalue weighted by Gasteiger charge is -2.28. The highest BCUT2D eigenvalue weighted by molar-refractivity contribution is 7.80. The summed E-state index contributed by atoms with van der Waals surface area (Å²) < 4.78 is 16.6. The fourth-order valence-corrected chi connectivity index (χ4v) is 4.85. The molecular formula is C28H35N3O4S. The fraction of sp³-hybridized carbons (Fsp3) is 0.429. The molecule has 0 bridgehead atoms. The van der Waals surface area contributed by atoms with Crippen molar-refractivity contribution >= 4 is 28.2 Å². The van der Waals surface area contributed by atoms with Crippen LogP contribution in [0.5, 0.6) is 11.5 Å². The summed E-state index contributed by atoms with van der Waals surface area (Å²) in [5.74, 6) is 1.41. The molecule has 0 unspecified atom stereocenters. The SMILES string of the molecule is COc1ccc(CCNC(=S)N(Cc2cc3ccc(C)c(C)c3[nH]c2=O)C[C@@H]2CCCO2)cc1OC. The molecule has 1 fully saturated rings. The van der Waals surface area contributed by atoms with Gasteiger partial charge in [-0.25, -0.2) is 0 Å². The van der Waals surface area contributed by atoms with Gasteiger partial charge in [0.1, 0.15) is 0 Å². The van der Waals surface area contributed by atoms with Crippen LogP contribution in [0.1, 0.15) is 35.1 Å².